The summed E-state index contributed by atoms with van der Waals surface area (Å²) >= 11 is 0. The molecular weight excluding hydrogens is 343 g/mol. The Morgan fingerprint density at radius 2 is 2.17 bits per heavy atom. The van der Waals surface area contributed by atoms with Gasteiger partial charge in [0.05, 0.1) is 18.8 Å². The minimum Gasteiger partial charge on any atom is -0.383 e. The molecule has 0 aromatic carbocycles. The molecule has 0 amide bonds. The first-order valence-corrected chi connectivity index (χ1v) is 5.62. The van der Waals surface area contributed by atoms with E-state index in [0.717, 1.165) is 23.9 Å². The van der Waals surface area contributed by atoms with Gasteiger partial charge in [0, 0.05) is 26.4 Å². The lowest BCUT2D eigenvalue weighted by molar-refractivity contribution is 0.203. The van der Waals surface area contributed by atoms with E-state index in [1.165, 1.54) is 0 Å². The second-order valence-electron chi connectivity index (χ2n) is 3.62. The van der Waals surface area contributed by atoms with Crippen LogP contribution in [0.3, 0.4) is 0 Å². The van der Waals surface area contributed by atoms with Gasteiger partial charge in [-0.15, -0.1) is 24.0 Å². The maximum absolute atomic E-state index is 4.96. The molecule has 0 unspecified atom stereocenters. The number of aromatic nitrogens is 1. The predicted octanol–water partition coefficient (Wildman–Crippen LogP) is 1.32. The van der Waals surface area contributed by atoms with Gasteiger partial charge in [-0.1, -0.05) is 6.07 Å². The molecule has 0 spiro atoms. The van der Waals surface area contributed by atoms with Crippen molar-refractivity contribution in [2.45, 2.75) is 13.5 Å². The van der Waals surface area contributed by atoms with Gasteiger partial charge in [0.2, 0.25) is 0 Å². The SMILES string of the molecule is CN=C(NCCOC)NCc1cccc(C)n1.I. The number of hydrogen-bond acceptors (Lipinski definition) is 3. The molecule has 1 aromatic rings. The Kier molecular flexibility index (Phi) is 9.57. The van der Waals surface area contributed by atoms with Crippen LogP contribution in [0, 0.1) is 6.92 Å². The van der Waals surface area contributed by atoms with Crippen LogP contribution in [0.4, 0.5) is 0 Å². The molecule has 18 heavy (non-hydrogen) atoms. The van der Waals surface area contributed by atoms with E-state index < -0.39 is 0 Å². The number of ether oxygens (including phenoxy) is 1. The molecule has 0 radical (unpaired) electrons. The maximum Gasteiger partial charge on any atom is 0.191 e. The van der Waals surface area contributed by atoms with E-state index in [1.54, 1.807) is 14.2 Å². The zero-order chi connectivity index (χ0) is 12.5. The lowest BCUT2D eigenvalue weighted by Crippen LogP contribution is -2.38. The van der Waals surface area contributed by atoms with Crippen molar-refractivity contribution < 1.29 is 4.74 Å². The molecule has 0 bridgehead atoms. The van der Waals surface area contributed by atoms with Gasteiger partial charge in [-0.05, 0) is 19.1 Å². The fourth-order valence-electron chi connectivity index (χ4n) is 1.36. The average Bonchev–Trinajstić information content (AvgIpc) is 2.34. The van der Waals surface area contributed by atoms with E-state index in [2.05, 4.69) is 20.6 Å². The molecule has 102 valence electrons. The van der Waals surface area contributed by atoms with E-state index in [9.17, 15) is 0 Å². The van der Waals surface area contributed by atoms with Gasteiger partial charge in [0.25, 0.3) is 0 Å². The first kappa shape index (κ1) is 17.1. The molecule has 0 saturated heterocycles. The fraction of sp³-hybridized carbons (Fsp3) is 0.500. The summed E-state index contributed by atoms with van der Waals surface area (Å²) in [7, 11) is 3.42. The van der Waals surface area contributed by atoms with Crippen molar-refractivity contribution >= 4 is 29.9 Å². The summed E-state index contributed by atoms with van der Waals surface area (Å²) in [4.78, 5) is 8.51. The Bertz CT molecular complexity index is 371. The zero-order valence-electron chi connectivity index (χ0n) is 11.1. The highest BCUT2D eigenvalue weighted by Crippen LogP contribution is 1.97. The zero-order valence-corrected chi connectivity index (χ0v) is 13.4. The van der Waals surface area contributed by atoms with Crippen LogP contribution in [0.25, 0.3) is 0 Å². The van der Waals surface area contributed by atoms with Crippen LogP contribution < -0.4 is 10.6 Å². The summed E-state index contributed by atoms with van der Waals surface area (Å²) in [5.74, 6) is 0.755. The monoisotopic (exact) mass is 364 g/mol. The molecule has 5 nitrogen and oxygen atoms in total. The number of nitrogens with zero attached hydrogens (tertiary/aromatic N) is 2. The third-order valence-corrected chi connectivity index (χ3v) is 2.21. The van der Waals surface area contributed by atoms with E-state index in [0.29, 0.717) is 13.2 Å². The normalized spacial score (nSPS) is 10.7. The molecule has 1 heterocycles. The quantitative estimate of drug-likeness (QED) is 0.358. The minimum absolute atomic E-state index is 0. The van der Waals surface area contributed by atoms with Gasteiger partial charge >= 0.3 is 0 Å². The Morgan fingerprint density at radius 1 is 1.39 bits per heavy atom. The summed E-state index contributed by atoms with van der Waals surface area (Å²) in [6.07, 6.45) is 0. The second-order valence-corrected chi connectivity index (χ2v) is 3.62. The largest absolute Gasteiger partial charge is 0.383 e. The number of guanidine groups is 1. The summed E-state index contributed by atoms with van der Waals surface area (Å²) in [6.45, 7) is 4.03. The van der Waals surface area contributed by atoms with E-state index in [1.807, 2.05) is 25.1 Å². The van der Waals surface area contributed by atoms with E-state index in [4.69, 9.17) is 4.74 Å². The number of methoxy groups -OCH3 is 1. The summed E-state index contributed by atoms with van der Waals surface area (Å²) in [6, 6.07) is 5.97. The molecule has 0 aliphatic heterocycles. The molecule has 1 rings (SSSR count). The summed E-state index contributed by atoms with van der Waals surface area (Å²) in [5, 5.41) is 6.33. The third-order valence-electron chi connectivity index (χ3n) is 2.21. The standard InChI is InChI=1S/C12H20N4O.HI/c1-10-5-4-6-11(16-10)9-15-12(13-2)14-7-8-17-3;/h4-6H,7-9H2,1-3H3,(H2,13,14,15);1H. The van der Waals surface area contributed by atoms with Crippen molar-refractivity contribution in [1.82, 2.24) is 15.6 Å². The van der Waals surface area contributed by atoms with Gasteiger partial charge in [-0.3, -0.25) is 9.98 Å². The lowest BCUT2D eigenvalue weighted by Gasteiger charge is -2.11. The van der Waals surface area contributed by atoms with Gasteiger partial charge in [-0.25, -0.2) is 0 Å². The lowest BCUT2D eigenvalue weighted by atomic mass is 10.3. The number of rotatable bonds is 5. The molecule has 2 N–H and O–H groups in total. The van der Waals surface area contributed by atoms with Crippen molar-refractivity contribution in [3.63, 3.8) is 0 Å². The summed E-state index contributed by atoms with van der Waals surface area (Å²) in [5.41, 5.74) is 2.02. The minimum atomic E-state index is 0. The molecule has 0 atom stereocenters. The number of hydrogen-bond donors (Lipinski definition) is 2. The van der Waals surface area contributed by atoms with Crippen molar-refractivity contribution in [1.29, 1.82) is 0 Å². The second kappa shape index (κ2) is 10.1. The molecule has 6 heteroatoms. The van der Waals surface area contributed by atoms with Crippen molar-refractivity contribution in [2.24, 2.45) is 4.99 Å². The van der Waals surface area contributed by atoms with Gasteiger partial charge in [-0.2, -0.15) is 0 Å². The van der Waals surface area contributed by atoms with Crippen LogP contribution >= 0.6 is 24.0 Å². The topological polar surface area (TPSA) is 58.5 Å². The van der Waals surface area contributed by atoms with Crippen molar-refractivity contribution in [2.75, 3.05) is 27.3 Å². The number of aliphatic imine (C=N–C) groups is 1. The molecular formula is C12H21IN4O. The van der Waals surface area contributed by atoms with E-state index in [-0.39, 0.29) is 24.0 Å². The Hall–Kier alpha value is -0.890. The van der Waals surface area contributed by atoms with E-state index >= 15 is 0 Å². The number of nitrogens with one attached hydrogen (secondary N) is 2. The maximum atomic E-state index is 4.96. The van der Waals surface area contributed by atoms with Crippen LogP contribution in [0.2, 0.25) is 0 Å². The molecule has 0 aliphatic carbocycles. The number of pyridine rings is 1. The number of halogens is 1. The highest BCUT2D eigenvalue weighted by Gasteiger charge is 1.98. The van der Waals surface area contributed by atoms with Crippen LogP contribution in [0.15, 0.2) is 23.2 Å². The molecule has 0 saturated carbocycles. The number of aryl methyl sites for hydroxylation is 1. The smallest absolute Gasteiger partial charge is 0.191 e. The Labute approximate surface area is 125 Å². The van der Waals surface area contributed by atoms with Gasteiger partial charge in [0.15, 0.2) is 5.96 Å². The molecule has 0 fully saturated rings. The first-order chi connectivity index (χ1) is 8.26. The van der Waals surface area contributed by atoms with Crippen LogP contribution in [-0.4, -0.2) is 38.3 Å². The first-order valence-electron chi connectivity index (χ1n) is 5.62. The highest BCUT2D eigenvalue weighted by atomic mass is 127. The van der Waals surface area contributed by atoms with Crippen LogP contribution in [0.1, 0.15) is 11.4 Å². The van der Waals surface area contributed by atoms with Crippen LogP contribution in [-0.2, 0) is 11.3 Å². The Morgan fingerprint density at radius 3 is 2.78 bits per heavy atom. The fourth-order valence-corrected chi connectivity index (χ4v) is 1.36. The third kappa shape index (κ3) is 6.75. The Balaban J connectivity index is 0.00000289. The summed E-state index contributed by atoms with van der Waals surface area (Å²) < 4.78 is 4.96. The van der Waals surface area contributed by atoms with Crippen molar-refractivity contribution in [3.05, 3.63) is 29.6 Å². The molecule has 0 aliphatic rings. The van der Waals surface area contributed by atoms with Gasteiger partial charge in [0.1, 0.15) is 0 Å². The molecule has 1 aromatic heterocycles. The van der Waals surface area contributed by atoms with Crippen molar-refractivity contribution in [3.8, 4) is 0 Å². The highest BCUT2D eigenvalue weighted by molar-refractivity contribution is 14.0. The average molecular weight is 364 g/mol. The van der Waals surface area contributed by atoms with Gasteiger partial charge < -0.3 is 15.4 Å². The van der Waals surface area contributed by atoms with Crippen LogP contribution in [0.5, 0.6) is 0 Å². The predicted molar refractivity (Wildman–Crippen MR) is 84.5 cm³/mol.